The molecule has 2 aromatic rings. The highest BCUT2D eigenvalue weighted by atomic mass is 32.1. The number of thiazole rings is 1. The Labute approximate surface area is 116 Å². The largest absolute Gasteiger partial charge is 0.497 e. The Hall–Kier alpha value is -1.88. The molecule has 2 rings (SSSR count). The summed E-state index contributed by atoms with van der Waals surface area (Å²) in [6, 6.07) is 7.53. The van der Waals surface area contributed by atoms with Crippen molar-refractivity contribution in [3.8, 4) is 5.75 Å². The second-order valence-corrected chi connectivity index (χ2v) is 5.06. The summed E-state index contributed by atoms with van der Waals surface area (Å²) in [7, 11) is 1.63. The van der Waals surface area contributed by atoms with E-state index in [1.807, 2.05) is 30.5 Å². The number of methoxy groups -OCH3 is 1. The van der Waals surface area contributed by atoms with Crippen LogP contribution in [0.5, 0.6) is 5.75 Å². The molecule has 0 radical (unpaired) electrons. The number of nitrogens with one attached hydrogen (secondary N) is 1. The van der Waals surface area contributed by atoms with E-state index in [9.17, 15) is 4.79 Å². The van der Waals surface area contributed by atoms with Crippen molar-refractivity contribution >= 4 is 17.2 Å². The van der Waals surface area contributed by atoms with Crippen LogP contribution in [0.1, 0.15) is 10.4 Å². The Balaban J connectivity index is 1.74. The van der Waals surface area contributed by atoms with Gasteiger partial charge in [0.1, 0.15) is 5.75 Å². The molecule has 0 unspecified atom stereocenters. The van der Waals surface area contributed by atoms with Gasteiger partial charge in [-0.3, -0.25) is 9.78 Å². The Morgan fingerprint density at radius 1 is 1.37 bits per heavy atom. The van der Waals surface area contributed by atoms with Gasteiger partial charge in [0, 0.05) is 24.0 Å². The summed E-state index contributed by atoms with van der Waals surface area (Å²) in [5.41, 5.74) is 2.78. The first-order valence-electron chi connectivity index (χ1n) is 6.05. The highest BCUT2D eigenvalue weighted by Crippen LogP contribution is 2.11. The van der Waals surface area contributed by atoms with E-state index in [-0.39, 0.29) is 5.91 Å². The number of benzene rings is 1. The summed E-state index contributed by atoms with van der Waals surface area (Å²) >= 11 is 1.61. The first kappa shape index (κ1) is 13.5. The standard InChI is InChI=1S/C14H16N2O2S/c1-18-12-4-2-11(3-5-12)8-14(17)16-7-6-13-9-15-10-19-13/h2-5,9-10H,6-8H2,1H3,(H,16,17). The van der Waals surface area contributed by atoms with Crippen molar-refractivity contribution in [2.45, 2.75) is 12.8 Å². The molecule has 1 aromatic heterocycles. The monoisotopic (exact) mass is 276 g/mol. The smallest absolute Gasteiger partial charge is 0.224 e. The molecule has 100 valence electrons. The number of carbonyl (C=O) groups excluding carboxylic acids is 1. The number of nitrogens with zero attached hydrogens (tertiary/aromatic N) is 1. The van der Waals surface area contributed by atoms with E-state index in [2.05, 4.69) is 10.3 Å². The molecule has 0 spiro atoms. The first-order valence-corrected chi connectivity index (χ1v) is 6.93. The molecule has 0 saturated heterocycles. The van der Waals surface area contributed by atoms with Crippen molar-refractivity contribution in [1.82, 2.24) is 10.3 Å². The van der Waals surface area contributed by atoms with Crippen LogP contribution >= 0.6 is 11.3 Å². The molecule has 1 heterocycles. The number of rotatable bonds is 6. The fourth-order valence-electron chi connectivity index (χ4n) is 1.68. The van der Waals surface area contributed by atoms with Crippen LogP contribution in [0.4, 0.5) is 0 Å². The fourth-order valence-corrected chi connectivity index (χ4v) is 2.28. The topological polar surface area (TPSA) is 51.2 Å². The van der Waals surface area contributed by atoms with Gasteiger partial charge in [-0.25, -0.2) is 0 Å². The van der Waals surface area contributed by atoms with Crippen LogP contribution < -0.4 is 10.1 Å². The number of hydrogen-bond donors (Lipinski definition) is 1. The van der Waals surface area contributed by atoms with E-state index in [0.29, 0.717) is 13.0 Å². The molecule has 0 saturated carbocycles. The lowest BCUT2D eigenvalue weighted by atomic mass is 10.1. The average Bonchev–Trinajstić information content (AvgIpc) is 2.93. The summed E-state index contributed by atoms with van der Waals surface area (Å²) in [6.07, 6.45) is 3.06. The van der Waals surface area contributed by atoms with Gasteiger partial charge in [-0.1, -0.05) is 12.1 Å². The summed E-state index contributed by atoms with van der Waals surface area (Å²) < 4.78 is 5.08. The molecule has 1 amide bonds. The lowest BCUT2D eigenvalue weighted by Gasteiger charge is -2.05. The molecule has 1 aromatic carbocycles. The Morgan fingerprint density at radius 3 is 2.79 bits per heavy atom. The highest BCUT2D eigenvalue weighted by molar-refractivity contribution is 7.09. The number of aromatic nitrogens is 1. The third-order valence-electron chi connectivity index (χ3n) is 2.70. The number of hydrogen-bond acceptors (Lipinski definition) is 4. The van der Waals surface area contributed by atoms with E-state index in [1.54, 1.807) is 24.0 Å². The van der Waals surface area contributed by atoms with Crippen LogP contribution in [0.3, 0.4) is 0 Å². The lowest BCUT2D eigenvalue weighted by molar-refractivity contribution is -0.120. The predicted molar refractivity (Wildman–Crippen MR) is 75.5 cm³/mol. The number of carbonyl (C=O) groups is 1. The summed E-state index contributed by atoms with van der Waals surface area (Å²) in [5, 5.41) is 2.91. The molecular formula is C14H16N2O2S. The maximum Gasteiger partial charge on any atom is 0.224 e. The van der Waals surface area contributed by atoms with Gasteiger partial charge in [0.25, 0.3) is 0 Å². The second kappa shape index (κ2) is 6.89. The van der Waals surface area contributed by atoms with E-state index in [1.165, 1.54) is 4.88 Å². The van der Waals surface area contributed by atoms with Crippen LogP contribution in [-0.2, 0) is 17.6 Å². The van der Waals surface area contributed by atoms with E-state index >= 15 is 0 Å². The van der Waals surface area contributed by atoms with Gasteiger partial charge >= 0.3 is 0 Å². The summed E-state index contributed by atoms with van der Waals surface area (Å²) in [6.45, 7) is 0.650. The summed E-state index contributed by atoms with van der Waals surface area (Å²) in [5.74, 6) is 0.837. The Kier molecular flexibility index (Phi) is 4.92. The molecule has 5 heteroatoms. The molecule has 0 fully saturated rings. The minimum Gasteiger partial charge on any atom is -0.497 e. The van der Waals surface area contributed by atoms with Crippen LogP contribution in [0.25, 0.3) is 0 Å². The molecule has 0 aliphatic rings. The normalized spacial score (nSPS) is 10.2. The van der Waals surface area contributed by atoms with Gasteiger partial charge in [0.15, 0.2) is 0 Å². The Bertz CT molecular complexity index is 509. The molecule has 4 nitrogen and oxygen atoms in total. The minimum atomic E-state index is 0.0367. The third-order valence-corrected chi connectivity index (χ3v) is 3.54. The van der Waals surface area contributed by atoms with Crippen LogP contribution in [0, 0.1) is 0 Å². The number of amides is 1. The predicted octanol–water partition coefficient (Wildman–Crippen LogP) is 2.05. The van der Waals surface area contributed by atoms with E-state index in [0.717, 1.165) is 17.7 Å². The number of ether oxygens (including phenoxy) is 1. The zero-order valence-electron chi connectivity index (χ0n) is 10.8. The van der Waals surface area contributed by atoms with Gasteiger partial charge in [0.05, 0.1) is 19.0 Å². The minimum absolute atomic E-state index is 0.0367. The lowest BCUT2D eigenvalue weighted by Crippen LogP contribution is -2.27. The van der Waals surface area contributed by atoms with Gasteiger partial charge in [0.2, 0.25) is 5.91 Å². The molecule has 0 aliphatic carbocycles. The van der Waals surface area contributed by atoms with Crippen molar-refractivity contribution < 1.29 is 9.53 Å². The fraction of sp³-hybridized carbons (Fsp3) is 0.286. The average molecular weight is 276 g/mol. The first-order chi connectivity index (χ1) is 9.28. The SMILES string of the molecule is COc1ccc(CC(=O)NCCc2cncs2)cc1. The van der Waals surface area contributed by atoms with Crippen molar-refractivity contribution in [1.29, 1.82) is 0 Å². The Morgan fingerprint density at radius 2 is 2.16 bits per heavy atom. The summed E-state index contributed by atoms with van der Waals surface area (Å²) in [4.78, 5) is 16.9. The van der Waals surface area contributed by atoms with Crippen molar-refractivity contribution in [3.63, 3.8) is 0 Å². The second-order valence-electron chi connectivity index (χ2n) is 4.09. The van der Waals surface area contributed by atoms with Gasteiger partial charge in [-0.15, -0.1) is 11.3 Å². The zero-order chi connectivity index (χ0) is 13.5. The van der Waals surface area contributed by atoms with E-state index in [4.69, 9.17) is 4.74 Å². The molecule has 0 aliphatic heterocycles. The van der Waals surface area contributed by atoms with Crippen molar-refractivity contribution in [3.05, 3.63) is 46.4 Å². The molecule has 19 heavy (non-hydrogen) atoms. The maximum absolute atomic E-state index is 11.7. The quantitative estimate of drug-likeness (QED) is 0.878. The van der Waals surface area contributed by atoms with Crippen LogP contribution in [0.2, 0.25) is 0 Å². The van der Waals surface area contributed by atoms with Crippen molar-refractivity contribution in [2.75, 3.05) is 13.7 Å². The molecule has 0 atom stereocenters. The molecule has 1 N–H and O–H groups in total. The van der Waals surface area contributed by atoms with Crippen molar-refractivity contribution in [2.24, 2.45) is 0 Å². The maximum atomic E-state index is 11.7. The van der Waals surface area contributed by atoms with Gasteiger partial charge in [-0.2, -0.15) is 0 Å². The highest BCUT2D eigenvalue weighted by Gasteiger charge is 2.03. The van der Waals surface area contributed by atoms with Gasteiger partial charge in [-0.05, 0) is 17.7 Å². The van der Waals surface area contributed by atoms with Gasteiger partial charge < -0.3 is 10.1 Å². The van der Waals surface area contributed by atoms with Crippen LogP contribution in [-0.4, -0.2) is 24.5 Å². The third kappa shape index (κ3) is 4.37. The zero-order valence-corrected chi connectivity index (χ0v) is 11.6. The molecular weight excluding hydrogens is 260 g/mol. The van der Waals surface area contributed by atoms with Crippen LogP contribution in [0.15, 0.2) is 36.0 Å². The van der Waals surface area contributed by atoms with E-state index < -0.39 is 0 Å². The molecule has 0 bridgehead atoms.